The van der Waals surface area contributed by atoms with Gasteiger partial charge in [0.2, 0.25) is 5.91 Å². The zero-order valence-electron chi connectivity index (χ0n) is 17.1. The van der Waals surface area contributed by atoms with E-state index >= 15 is 0 Å². The molecule has 3 rings (SSSR count). The first-order valence-electron chi connectivity index (χ1n) is 10.3. The summed E-state index contributed by atoms with van der Waals surface area (Å²) in [5, 5.41) is 2.91. The Hall–Kier alpha value is -2.37. The van der Waals surface area contributed by atoms with Crippen LogP contribution in [0.25, 0.3) is 0 Å². The van der Waals surface area contributed by atoms with Crippen molar-refractivity contribution in [3.05, 3.63) is 35.9 Å². The lowest BCUT2D eigenvalue weighted by Crippen LogP contribution is -2.49. The number of hydrogen-bond donors (Lipinski definition) is 1. The number of carbonyl (C=O) groups excluding carboxylic acids is 3. The average molecular weight is 386 g/mol. The maximum Gasteiger partial charge on any atom is 0.325 e. The van der Waals surface area contributed by atoms with Gasteiger partial charge in [0.25, 0.3) is 5.91 Å². The molecule has 3 unspecified atom stereocenters. The maximum absolute atomic E-state index is 13.4. The van der Waals surface area contributed by atoms with Crippen molar-refractivity contribution in [1.82, 2.24) is 15.1 Å². The monoisotopic (exact) mass is 385 g/mol. The van der Waals surface area contributed by atoms with E-state index in [-0.39, 0.29) is 18.4 Å². The fourth-order valence-electron chi connectivity index (χ4n) is 4.55. The number of carbonyl (C=O) groups is 3. The molecule has 1 N–H and O–H groups in total. The summed E-state index contributed by atoms with van der Waals surface area (Å²) in [6.45, 7) is 7.51. The predicted octanol–water partition coefficient (Wildman–Crippen LogP) is 3.13. The zero-order chi connectivity index (χ0) is 20.3. The molecule has 4 amide bonds. The first-order chi connectivity index (χ1) is 13.4. The molecule has 2 heterocycles. The summed E-state index contributed by atoms with van der Waals surface area (Å²) in [6.07, 6.45) is 3.35. The average Bonchev–Trinajstić information content (AvgIpc) is 2.91. The van der Waals surface area contributed by atoms with Gasteiger partial charge >= 0.3 is 6.03 Å². The number of imide groups is 1. The fraction of sp³-hybridized carbons (Fsp3) is 0.591. The minimum absolute atomic E-state index is 0.152. The lowest BCUT2D eigenvalue weighted by atomic mass is 9.85. The number of nitrogens with one attached hydrogen (secondary N) is 1. The number of likely N-dealkylation sites (tertiary alicyclic amines) is 1. The quantitative estimate of drug-likeness (QED) is 0.765. The van der Waals surface area contributed by atoms with Crippen LogP contribution in [-0.2, 0) is 15.1 Å². The second kappa shape index (κ2) is 8.33. The molecule has 0 radical (unpaired) electrons. The Bertz CT molecular complexity index is 726. The summed E-state index contributed by atoms with van der Waals surface area (Å²) in [5.41, 5.74) is -0.297. The standard InChI is InChI=1S/C22H31N3O3/c1-4-5-11-22(18-9-7-6-8-10-18)20(27)25(21(28)23-22)15-19(26)24-13-16(2)12-17(3)14-24/h6-10,16-17H,4-5,11-15H2,1-3H3,(H,23,28). The number of urea groups is 1. The summed E-state index contributed by atoms with van der Waals surface area (Å²) in [7, 11) is 0. The van der Waals surface area contributed by atoms with Gasteiger partial charge in [-0.15, -0.1) is 0 Å². The van der Waals surface area contributed by atoms with Crippen molar-refractivity contribution in [2.75, 3.05) is 19.6 Å². The molecule has 2 fully saturated rings. The van der Waals surface area contributed by atoms with Crippen LogP contribution in [0.1, 0.15) is 52.0 Å². The summed E-state index contributed by atoms with van der Waals surface area (Å²) in [5.74, 6) is 0.400. The van der Waals surface area contributed by atoms with Gasteiger partial charge in [-0.25, -0.2) is 4.79 Å². The summed E-state index contributed by atoms with van der Waals surface area (Å²) >= 11 is 0. The van der Waals surface area contributed by atoms with Crippen molar-refractivity contribution >= 4 is 17.8 Å². The molecule has 0 aliphatic carbocycles. The molecule has 0 spiro atoms. The Morgan fingerprint density at radius 3 is 2.39 bits per heavy atom. The van der Waals surface area contributed by atoms with Crippen molar-refractivity contribution in [3.8, 4) is 0 Å². The molecule has 6 nitrogen and oxygen atoms in total. The summed E-state index contributed by atoms with van der Waals surface area (Å²) in [4.78, 5) is 41.8. The van der Waals surface area contributed by atoms with Crippen LogP contribution in [0.3, 0.4) is 0 Å². The van der Waals surface area contributed by atoms with Crippen LogP contribution in [0.2, 0.25) is 0 Å². The first-order valence-corrected chi connectivity index (χ1v) is 10.3. The van der Waals surface area contributed by atoms with Crippen LogP contribution in [0.15, 0.2) is 30.3 Å². The molecular weight excluding hydrogens is 354 g/mol. The van der Waals surface area contributed by atoms with Crippen molar-refractivity contribution in [2.24, 2.45) is 11.8 Å². The minimum Gasteiger partial charge on any atom is -0.341 e. The molecule has 152 valence electrons. The van der Waals surface area contributed by atoms with E-state index in [4.69, 9.17) is 0 Å². The zero-order valence-corrected chi connectivity index (χ0v) is 17.1. The number of benzene rings is 1. The van der Waals surface area contributed by atoms with Crippen LogP contribution < -0.4 is 5.32 Å². The smallest absolute Gasteiger partial charge is 0.325 e. The second-order valence-corrected chi connectivity index (χ2v) is 8.44. The van der Waals surface area contributed by atoms with Gasteiger partial charge in [-0.05, 0) is 30.2 Å². The van der Waals surface area contributed by atoms with E-state index in [1.54, 1.807) is 4.90 Å². The van der Waals surface area contributed by atoms with E-state index in [1.807, 2.05) is 30.3 Å². The Balaban J connectivity index is 1.80. The van der Waals surface area contributed by atoms with Crippen molar-refractivity contribution < 1.29 is 14.4 Å². The fourth-order valence-corrected chi connectivity index (χ4v) is 4.55. The lowest BCUT2D eigenvalue weighted by molar-refractivity contribution is -0.140. The third kappa shape index (κ3) is 3.91. The maximum atomic E-state index is 13.4. The number of hydrogen-bond acceptors (Lipinski definition) is 3. The third-order valence-electron chi connectivity index (χ3n) is 5.86. The molecule has 6 heteroatoms. The van der Waals surface area contributed by atoms with Gasteiger partial charge in [-0.1, -0.05) is 63.9 Å². The molecule has 2 aliphatic rings. The molecule has 0 bridgehead atoms. The molecule has 0 aromatic heterocycles. The Labute approximate surface area is 167 Å². The van der Waals surface area contributed by atoms with Crippen molar-refractivity contribution in [1.29, 1.82) is 0 Å². The Kier molecular flexibility index (Phi) is 6.06. The molecule has 3 atom stereocenters. The summed E-state index contributed by atoms with van der Waals surface area (Å²) < 4.78 is 0. The highest BCUT2D eigenvalue weighted by molar-refractivity contribution is 6.09. The number of amides is 4. The van der Waals surface area contributed by atoms with E-state index in [2.05, 4.69) is 26.1 Å². The van der Waals surface area contributed by atoms with Gasteiger partial charge in [-0.2, -0.15) is 0 Å². The van der Waals surface area contributed by atoms with E-state index in [9.17, 15) is 14.4 Å². The third-order valence-corrected chi connectivity index (χ3v) is 5.86. The van der Waals surface area contributed by atoms with E-state index < -0.39 is 11.6 Å². The minimum atomic E-state index is -1.07. The van der Waals surface area contributed by atoms with Crippen LogP contribution >= 0.6 is 0 Å². The molecule has 2 saturated heterocycles. The van der Waals surface area contributed by atoms with Gasteiger partial charge in [0.05, 0.1) is 0 Å². The first kappa shape index (κ1) is 20.4. The molecule has 0 saturated carbocycles. The van der Waals surface area contributed by atoms with Crippen LogP contribution in [0, 0.1) is 11.8 Å². The number of rotatable bonds is 6. The normalized spacial score (nSPS) is 27.8. The highest BCUT2D eigenvalue weighted by Crippen LogP contribution is 2.34. The Morgan fingerprint density at radius 2 is 1.79 bits per heavy atom. The predicted molar refractivity (Wildman–Crippen MR) is 107 cm³/mol. The number of unbranched alkanes of at least 4 members (excludes halogenated alkanes) is 1. The number of nitrogens with zero attached hydrogens (tertiary/aromatic N) is 2. The molecule has 28 heavy (non-hydrogen) atoms. The summed E-state index contributed by atoms with van der Waals surface area (Å²) in [6, 6.07) is 8.88. The van der Waals surface area contributed by atoms with Gasteiger partial charge in [-0.3, -0.25) is 14.5 Å². The van der Waals surface area contributed by atoms with E-state index in [1.165, 1.54) is 0 Å². The van der Waals surface area contributed by atoms with Crippen molar-refractivity contribution in [3.63, 3.8) is 0 Å². The second-order valence-electron chi connectivity index (χ2n) is 8.44. The van der Waals surface area contributed by atoms with Gasteiger partial charge in [0.1, 0.15) is 12.1 Å². The van der Waals surface area contributed by atoms with Gasteiger partial charge in [0, 0.05) is 13.1 Å². The van der Waals surface area contributed by atoms with E-state index in [0.29, 0.717) is 31.3 Å². The van der Waals surface area contributed by atoms with E-state index in [0.717, 1.165) is 29.7 Å². The number of piperidine rings is 1. The van der Waals surface area contributed by atoms with Crippen LogP contribution in [0.4, 0.5) is 4.79 Å². The highest BCUT2D eigenvalue weighted by Gasteiger charge is 2.52. The van der Waals surface area contributed by atoms with Crippen LogP contribution in [0.5, 0.6) is 0 Å². The molecule has 2 aliphatic heterocycles. The van der Waals surface area contributed by atoms with Crippen molar-refractivity contribution in [2.45, 2.75) is 52.0 Å². The van der Waals surface area contributed by atoms with Gasteiger partial charge in [0.15, 0.2) is 0 Å². The Morgan fingerprint density at radius 1 is 1.14 bits per heavy atom. The SMILES string of the molecule is CCCCC1(c2ccccc2)NC(=O)N(CC(=O)N2CC(C)CC(C)C2)C1=O. The molecular formula is C22H31N3O3. The van der Waals surface area contributed by atoms with Crippen LogP contribution in [-0.4, -0.2) is 47.3 Å². The molecule has 1 aromatic carbocycles. The largest absolute Gasteiger partial charge is 0.341 e. The van der Waals surface area contributed by atoms with Gasteiger partial charge < -0.3 is 10.2 Å². The topological polar surface area (TPSA) is 69.7 Å². The molecule has 1 aromatic rings. The highest BCUT2D eigenvalue weighted by atomic mass is 16.2. The lowest BCUT2D eigenvalue weighted by Gasteiger charge is -2.35.